The van der Waals surface area contributed by atoms with Crippen LogP contribution in [0.4, 0.5) is 5.95 Å². The van der Waals surface area contributed by atoms with Crippen molar-refractivity contribution >= 4 is 5.95 Å². The number of aliphatic hydroxyl groups is 1. The van der Waals surface area contributed by atoms with Gasteiger partial charge in [0.1, 0.15) is 11.5 Å². The summed E-state index contributed by atoms with van der Waals surface area (Å²) in [6, 6.07) is 18.5. The van der Waals surface area contributed by atoms with Crippen LogP contribution in [0.15, 0.2) is 85.1 Å². The van der Waals surface area contributed by atoms with Crippen molar-refractivity contribution in [2.24, 2.45) is 0 Å². The molecule has 1 unspecified atom stereocenters. The molecule has 0 radical (unpaired) electrons. The largest absolute Gasteiger partial charge is 0.424 e. The van der Waals surface area contributed by atoms with Crippen LogP contribution in [-0.4, -0.2) is 26.3 Å². The van der Waals surface area contributed by atoms with Crippen LogP contribution >= 0.6 is 0 Å². The molecule has 1 aliphatic rings. The Bertz CT molecular complexity index is 902. The minimum atomic E-state index is -0.897. The molecule has 2 aromatic carbocycles. The van der Waals surface area contributed by atoms with E-state index in [9.17, 15) is 5.11 Å². The highest BCUT2D eigenvalue weighted by atomic mass is 16.5. The fraction of sp³-hybridized carbons (Fsp3) is 0.0500. The molecule has 27 heavy (non-hydrogen) atoms. The maximum atomic E-state index is 10.2. The van der Waals surface area contributed by atoms with Crippen molar-refractivity contribution in [1.82, 2.24) is 15.0 Å². The van der Waals surface area contributed by atoms with E-state index in [2.05, 4.69) is 15.0 Å². The van der Waals surface area contributed by atoms with Gasteiger partial charge < -0.3 is 14.6 Å². The second-order valence-corrected chi connectivity index (χ2v) is 5.58. The zero-order valence-electron chi connectivity index (χ0n) is 14.2. The summed E-state index contributed by atoms with van der Waals surface area (Å²) in [6.07, 6.45) is 5.89. The molecule has 1 N–H and O–H groups in total. The van der Waals surface area contributed by atoms with Gasteiger partial charge in [-0.05, 0) is 36.4 Å². The van der Waals surface area contributed by atoms with E-state index in [-0.39, 0.29) is 18.0 Å². The van der Waals surface area contributed by atoms with Crippen LogP contribution < -0.4 is 14.4 Å². The number of nitrogens with zero attached hydrogens (tertiary/aromatic N) is 4. The zero-order chi connectivity index (χ0) is 18.5. The molecule has 1 atom stereocenters. The molecule has 0 aliphatic carbocycles. The smallest absolute Gasteiger partial charge is 0.330 e. The molecule has 4 rings (SSSR count). The fourth-order valence-corrected chi connectivity index (χ4v) is 2.39. The van der Waals surface area contributed by atoms with E-state index in [1.165, 1.54) is 4.90 Å². The van der Waals surface area contributed by atoms with Crippen molar-refractivity contribution in [3.8, 4) is 23.5 Å². The Morgan fingerprint density at radius 1 is 0.741 bits per heavy atom. The van der Waals surface area contributed by atoms with Crippen molar-refractivity contribution < 1.29 is 14.6 Å². The van der Waals surface area contributed by atoms with Crippen LogP contribution in [0, 0.1) is 0 Å². The first kappa shape index (κ1) is 16.7. The molecule has 1 aliphatic heterocycles. The molecule has 134 valence electrons. The Morgan fingerprint density at radius 2 is 1.30 bits per heavy atom. The molecule has 0 bridgehead atoms. The standard InChI is InChI=1S/C20H16N4O3/c25-17-13-7-8-14-24(17)18-21-19(26-15-9-3-1-4-10-15)23-20(22-18)27-16-11-5-2-6-12-16/h1-14,17,25H. The first-order chi connectivity index (χ1) is 13.3. The first-order valence-corrected chi connectivity index (χ1v) is 8.31. The van der Waals surface area contributed by atoms with Gasteiger partial charge in [-0.1, -0.05) is 42.5 Å². The van der Waals surface area contributed by atoms with E-state index < -0.39 is 6.23 Å². The summed E-state index contributed by atoms with van der Waals surface area (Å²) in [4.78, 5) is 14.3. The summed E-state index contributed by atoms with van der Waals surface area (Å²) in [5.74, 6) is 1.36. The minimum Gasteiger partial charge on any atom is -0.424 e. The third kappa shape index (κ3) is 4.10. The Hall–Kier alpha value is -3.71. The summed E-state index contributed by atoms with van der Waals surface area (Å²) in [7, 11) is 0. The SMILES string of the molecule is OC1C=CC=CN1c1nc(Oc2ccccc2)nc(Oc2ccccc2)n1. The number of para-hydroxylation sites is 2. The van der Waals surface area contributed by atoms with E-state index in [1.807, 2.05) is 36.4 Å². The monoisotopic (exact) mass is 360 g/mol. The van der Waals surface area contributed by atoms with Gasteiger partial charge in [0.25, 0.3) is 0 Å². The maximum absolute atomic E-state index is 10.2. The second-order valence-electron chi connectivity index (χ2n) is 5.58. The third-order valence-electron chi connectivity index (χ3n) is 3.64. The molecule has 3 aromatic rings. The van der Waals surface area contributed by atoms with Gasteiger partial charge >= 0.3 is 12.0 Å². The van der Waals surface area contributed by atoms with Crippen LogP contribution in [0.3, 0.4) is 0 Å². The molecule has 7 nitrogen and oxygen atoms in total. The number of allylic oxidation sites excluding steroid dienone is 2. The van der Waals surface area contributed by atoms with Crippen LogP contribution in [-0.2, 0) is 0 Å². The van der Waals surface area contributed by atoms with Gasteiger partial charge in [-0.15, -0.1) is 4.98 Å². The lowest BCUT2D eigenvalue weighted by Crippen LogP contribution is -2.31. The molecule has 1 aromatic heterocycles. The predicted octanol–water partition coefficient (Wildman–Crippen LogP) is 3.66. The van der Waals surface area contributed by atoms with Gasteiger partial charge in [-0.3, -0.25) is 4.90 Å². The number of hydrogen-bond acceptors (Lipinski definition) is 7. The third-order valence-corrected chi connectivity index (χ3v) is 3.64. The van der Waals surface area contributed by atoms with E-state index >= 15 is 0 Å². The lowest BCUT2D eigenvalue weighted by molar-refractivity contribution is 0.224. The average molecular weight is 360 g/mol. The molecule has 0 amide bonds. The highest BCUT2D eigenvalue weighted by Crippen LogP contribution is 2.26. The minimum absolute atomic E-state index is 0.0623. The van der Waals surface area contributed by atoms with E-state index in [1.54, 1.807) is 48.7 Å². The van der Waals surface area contributed by atoms with Crippen molar-refractivity contribution in [2.75, 3.05) is 4.90 Å². The molecule has 0 spiro atoms. The number of ether oxygens (including phenoxy) is 2. The van der Waals surface area contributed by atoms with Gasteiger partial charge in [0.2, 0.25) is 5.95 Å². The predicted molar refractivity (Wildman–Crippen MR) is 99.6 cm³/mol. The highest BCUT2D eigenvalue weighted by molar-refractivity contribution is 5.42. The summed E-state index contributed by atoms with van der Waals surface area (Å²) < 4.78 is 11.5. The Labute approximate surface area is 155 Å². The van der Waals surface area contributed by atoms with Crippen molar-refractivity contribution in [3.05, 3.63) is 85.1 Å². The summed E-state index contributed by atoms with van der Waals surface area (Å²) in [5, 5.41) is 10.2. The van der Waals surface area contributed by atoms with Crippen LogP contribution in [0.5, 0.6) is 23.5 Å². The van der Waals surface area contributed by atoms with E-state index in [0.717, 1.165) is 0 Å². The fourth-order valence-electron chi connectivity index (χ4n) is 2.39. The number of benzene rings is 2. The zero-order valence-corrected chi connectivity index (χ0v) is 14.2. The van der Waals surface area contributed by atoms with Gasteiger partial charge in [0.05, 0.1) is 0 Å². The Balaban J connectivity index is 1.69. The molecule has 0 fully saturated rings. The Morgan fingerprint density at radius 3 is 1.81 bits per heavy atom. The summed E-state index contributed by atoms with van der Waals surface area (Å²) in [6.45, 7) is 0. The lowest BCUT2D eigenvalue weighted by Gasteiger charge is -2.24. The number of hydrogen-bond donors (Lipinski definition) is 1. The quantitative estimate of drug-likeness (QED) is 0.743. The average Bonchev–Trinajstić information content (AvgIpc) is 2.70. The number of anilines is 1. The maximum Gasteiger partial charge on any atom is 0.330 e. The topological polar surface area (TPSA) is 80.6 Å². The molecular formula is C20H16N4O3. The number of aliphatic hydroxyl groups excluding tert-OH is 1. The Kier molecular flexibility index (Phi) is 4.76. The van der Waals surface area contributed by atoms with Gasteiger partial charge in [0, 0.05) is 6.20 Å². The van der Waals surface area contributed by atoms with Crippen molar-refractivity contribution in [3.63, 3.8) is 0 Å². The molecule has 2 heterocycles. The van der Waals surface area contributed by atoms with Crippen molar-refractivity contribution in [2.45, 2.75) is 6.23 Å². The number of rotatable bonds is 5. The number of aromatic nitrogens is 3. The molecule has 7 heteroatoms. The van der Waals surface area contributed by atoms with Crippen molar-refractivity contribution in [1.29, 1.82) is 0 Å². The van der Waals surface area contributed by atoms with Crippen LogP contribution in [0.25, 0.3) is 0 Å². The lowest BCUT2D eigenvalue weighted by atomic mass is 10.3. The molecular weight excluding hydrogens is 344 g/mol. The normalized spacial score (nSPS) is 15.6. The first-order valence-electron chi connectivity index (χ1n) is 8.31. The molecule has 0 saturated heterocycles. The van der Waals surface area contributed by atoms with Gasteiger partial charge in [0.15, 0.2) is 6.23 Å². The summed E-state index contributed by atoms with van der Waals surface area (Å²) >= 11 is 0. The second kappa shape index (κ2) is 7.67. The summed E-state index contributed by atoms with van der Waals surface area (Å²) in [5.41, 5.74) is 0. The van der Waals surface area contributed by atoms with Gasteiger partial charge in [-0.2, -0.15) is 9.97 Å². The van der Waals surface area contributed by atoms with E-state index in [4.69, 9.17) is 9.47 Å². The van der Waals surface area contributed by atoms with Crippen LogP contribution in [0.2, 0.25) is 0 Å². The molecule has 0 saturated carbocycles. The van der Waals surface area contributed by atoms with Gasteiger partial charge in [-0.25, -0.2) is 0 Å². The highest BCUT2D eigenvalue weighted by Gasteiger charge is 2.20. The van der Waals surface area contributed by atoms with E-state index in [0.29, 0.717) is 11.5 Å². The van der Waals surface area contributed by atoms with Crippen LogP contribution in [0.1, 0.15) is 0 Å².